The molecule has 0 unspecified atom stereocenters. The van der Waals surface area contributed by atoms with Gasteiger partial charge in [-0.3, -0.25) is 0 Å². The van der Waals surface area contributed by atoms with Gasteiger partial charge in [0.05, 0.1) is 21.6 Å². The largest absolute Gasteiger partial charge is 0.457 e. The average Bonchev–Trinajstić information content (AvgIpc) is 3.28. The zero-order valence-electron chi connectivity index (χ0n) is 14.3. The molecule has 0 aliphatic heterocycles. The number of nitrogens with zero attached hydrogens (tertiary/aromatic N) is 2. The molecule has 0 aliphatic carbocycles. The van der Waals surface area contributed by atoms with Gasteiger partial charge in [0.25, 0.3) is 0 Å². The van der Waals surface area contributed by atoms with Gasteiger partial charge in [-0.25, -0.2) is 4.98 Å². The van der Waals surface area contributed by atoms with Gasteiger partial charge in [-0.1, -0.05) is 23.7 Å². The number of aryl methyl sites for hydroxylation is 1. The molecule has 0 bridgehead atoms. The minimum Gasteiger partial charge on any atom is -0.457 e. The lowest BCUT2D eigenvalue weighted by Crippen LogP contribution is -1.84. The van der Waals surface area contributed by atoms with E-state index in [0.29, 0.717) is 27.9 Å². The van der Waals surface area contributed by atoms with Crippen LogP contribution >= 0.6 is 27.5 Å². The third kappa shape index (κ3) is 3.55. The van der Waals surface area contributed by atoms with Crippen LogP contribution in [0.25, 0.3) is 34.0 Å². The maximum Gasteiger partial charge on any atom is 0.149 e. The SMILES string of the molecule is Cc1ccc2nc(/C(C#N)=C\c3ccc(-c4ccc(Br)c(Cl)c4)o3)[nH]c2c1. The minimum atomic E-state index is 0.401. The first-order chi connectivity index (χ1) is 13.0. The fourth-order valence-corrected chi connectivity index (χ4v) is 3.21. The van der Waals surface area contributed by atoms with Crippen molar-refractivity contribution < 1.29 is 4.42 Å². The Morgan fingerprint density at radius 2 is 2.07 bits per heavy atom. The Kier molecular flexibility index (Phi) is 4.61. The molecule has 0 fully saturated rings. The number of allylic oxidation sites excluding steroid dienone is 1. The van der Waals surface area contributed by atoms with Crippen molar-refractivity contribution in [1.82, 2.24) is 9.97 Å². The monoisotopic (exact) mass is 437 g/mol. The molecular formula is C21H13BrClN3O. The number of halogens is 2. The molecule has 0 radical (unpaired) electrons. The van der Waals surface area contributed by atoms with Gasteiger partial charge >= 0.3 is 0 Å². The first-order valence-electron chi connectivity index (χ1n) is 8.17. The molecule has 27 heavy (non-hydrogen) atoms. The van der Waals surface area contributed by atoms with E-state index in [1.807, 2.05) is 55.5 Å². The molecular weight excluding hydrogens is 426 g/mol. The maximum absolute atomic E-state index is 9.57. The second-order valence-electron chi connectivity index (χ2n) is 6.11. The Bertz CT molecular complexity index is 1230. The molecule has 0 spiro atoms. The van der Waals surface area contributed by atoms with Crippen LogP contribution in [0, 0.1) is 18.3 Å². The number of furan rings is 1. The summed E-state index contributed by atoms with van der Waals surface area (Å²) < 4.78 is 6.69. The molecule has 6 heteroatoms. The van der Waals surface area contributed by atoms with E-state index in [4.69, 9.17) is 16.0 Å². The van der Waals surface area contributed by atoms with Gasteiger partial charge in [-0.2, -0.15) is 5.26 Å². The van der Waals surface area contributed by atoms with Gasteiger partial charge in [0.1, 0.15) is 23.4 Å². The minimum absolute atomic E-state index is 0.401. The molecule has 2 aromatic heterocycles. The van der Waals surface area contributed by atoms with E-state index in [1.165, 1.54) is 0 Å². The molecule has 0 aliphatic rings. The molecule has 4 nitrogen and oxygen atoms in total. The summed E-state index contributed by atoms with van der Waals surface area (Å²) in [4.78, 5) is 7.69. The maximum atomic E-state index is 9.57. The summed E-state index contributed by atoms with van der Waals surface area (Å²) in [6.07, 6.45) is 1.68. The number of fused-ring (bicyclic) bond motifs is 1. The molecule has 0 saturated heterocycles. The van der Waals surface area contributed by atoms with Crippen molar-refractivity contribution in [3.05, 3.63) is 75.2 Å². The quantitative estimate of drug-likeness (QED) is 0.366. The second-order valence-corrected chi connectivity index (χ2v) is 7.37. The van der Waals surface area contributed by atoms with E-state index < -0.39 is 0 Å². The van der Waals surface area contributed by atoms with Crippen LogP contribution in [0.15, 0.2) is 57.4 Å². The third-order valence-electron chi connectivity index (χ3n) is 4.13. The van der Waals surface area contributed by atoms with E-state index in [-0.39, 0.29) is 0 Å². The molecule has 0 saturated carbocycles. The van der Waals surface area contributed by atoms with Crippen LogP contribution in [0.3, 0.4) is 0 Å². The zero-order valence-corrected chi connectivity index (χ0v) is 16.6. The summed E-state index contributed by atoms with van der Waals surface area (Å²) in [5.74, 6) is 1.76. The Morgan fingerprint density at radius 3 is 2.85 bits per heavy atom. The Hall–Kier alpha value is -2.81. The summed E-state index contributed by atoms with van der Waals surface area (Å²) in [5, 5.41) is 10.2. The Morgan fingerprint density at radius 1 is 1.22 bits per heavy atom. The first-order valence-corrected chi connectivity index (χ1v) is 9.34. The standard InChI is InChI=1S/C21H13BrClN3O/c1-12-2-6-18-19(8-12)26-21(25-18)14(11-24)9-15-4-7-20(27-15)13-3-5-16(22)17(23)10-13/h2-10H,1H3,(H,25,26)/b14-9-. The van der Waals surface area contributed by atoms with E-state index in [0.717, 1.165) is 26.6 Å². The predicted octanol–water partition coefficient (Wildman–Crippen LogP) is 6.61. The summed E-state index contributed by atoms with van der Waals surface area (Å²) in [6.45, 7) is 2.01. The molecule has 2 aromatic carbocycles. The van der Waals surface area contributed by atoms with Crippen LogP contribution < -0.4 is 0 Å². The van der Waals surface area contributed by atoms with Gasteiger partial charge in [-0.05, 0) is 64.8 Å². The highest BCUT2D eigenvalue weighted by atomic mass is 79.9. The number of rotatable bonds is 3. The molecule has 4 aromatic rings. The van der Waals surface area contributed by atoms with E-state index in [9.17, 15) is 5.26 Å². The number of H-pyrrole nitrogens is 1. The highest BCUT2D eigenvalue weighted by molar-refractivity contribution is 9.10. The summed E-state index contributed by atoms with van der Waals surface area (Å²) >= 11 is 9.53. The average molecular weight is 439 g/mol. The first kappa shape index (κ1) is 17.6. The highest BCUT2D eigenvalue weighted by Crippen LogP contribution is 2.30. The lowest BCUT2D eigenvalue weighted by atomic mass is 10.2. The van der Waals surface area contributed by atoms with Gasteiger partial charge in [0.15, 0.2) is 0 Å². The van der Waals surface area contributed by atoms with Crippen LogP contribution in [-0.4, -0.2) is 9.97 Å². The fourth-order valence-electron chi connectivity index (χ4n) is 2.78. The zero-order chi connectivity index (χ0) is 19.0. The van der Waals surface area contributed by atoms with Crippen molar-refractivity contribution in [2.75, 3.05) is 0 Å². The van der Waals surface area contributed by atoms with E-state index in [2.05, 4.69) is 32.0 Å². The molecule has 132 valence electrons. The number of aromatic nitrogens is 2. The van der Waals surface area contributed by atoms with Crippen LogP contribution in [-0.2, 0) is 0 Å². The summed E-state index contributed by atoms with van der Waals surface area (Å²) in [6, 6.07) is 17.4. The molecule has 1 N–H and O–H groups in total. The number of nitrogens with one attached hydrogen (secondary N) is 1. The molecule has 4 rings (SSSR count). The fraction of sp³-hybridized carbons (Fsp3) is 0.0476. The van der Waals surface area contributed by atoms with Crippen molar-refractivity contribution in [3.8, 4) is 17.4 Å². The number of benzene rings is 2. The summed E-state index contributed by atoms with van der Waals surface area (Å²) in [7, 11) is 0. The van der Waals surface area contributed by atoms with Gasteiger partial charge in [0.2, 0.25) is 0 Å². The van der Waals surface area contributed by atoms with Gasteiger partial charge in [-0.15, -0.1) is 0 Å². The molecule has 0 atom stereocenters. The van der Waals surface area contributed by atoms with Crippen LogP contribution in [0.1, 0.15) is 17.1 Å². The van der Waals surface area contributed by atoms with Crippen molar-refractivity contribution in [1.29, 1.82) is 5.26 Å². The van der Waals surface area contributed by atoms with Crippen molar-refractivity contribution in [2.24, 2.45) is 0 Å². The summed E-state index contributed by atoms with van der Waals surface area (Å²) in [5.41, 5.74) is 4.11. The second kappa shape index (κ2) is 7.07. The number of imidazole rings is 1. The van der Waals surface area contributed by atoms with Crippen LogP contribution in [0.4, 0.5) is 0 Å². The Balaban J connectivity index is 1.69. The number of hydrogen-bond acceptors (Lipinski definition) is 3. The molecule has 0 amide bonds. The van der Waals surface area contributed by atoms with Gasteiger partial charge < -0.3 is 9.40 Å². The van der Waals surface area contributed by atoms with Gasteiger partial charge in [0, 0.05) is 16.1 Å². The highest BCUT2D eigenvalue weighted by Gasteiger charge is 2.11. The predicted molar refractivity (Wildman–Crippen MR) is 111 cm³/mol. The third-order valence-corrected chi connectivity index (χ3v) is 5.36. The van der Waals surface area contributed by atoms with Crippen molar-refractivity contribution >= 4 is 50.2 Å². The van der Waals surface area contributed by atoms with E-state index in [1.54, 1.807) is 6.08 Å². The van der Waals surface area contributed by atoms with E-state index >= 15 is 0 Å². The number of aromatic amines is 1. The normalized spacial score (nSPS) is 11.7. The topological polar surface area (TPSA) is 65.6 Å². The number of hydrogen-bond donors (Lipinski definition) is 1. The lowest BCUT2D eigenvalue weighted by molar-refractivity contribution is 0.572. The van der Waals surface area contributed by atoms with Crippen molar-refractivity contribution in [3.63, 3.8) is 0 Å². The Labute approximate surface area is 169 Å². The van der Waals surface area contributed by atoms with Crippen LogP contribution in [0.2, 0.25) is 5.02 Å². The van der Waals surface area contributed by atoms with Crippen molar-refractivity contribution in [2.45, 2.75) is 6.92 Å². The number of nitriles is 1. The smallest absolute Gasteiger partial charge is 0.149 e. The molecule has 2 heterocycles. The van der Waals surface area contributed by atoms with Crippen LogP contribution in [0.5, 0.6) is 0 Å². The lowest BCUT2D eigenvalue weighted by Gasteiger charge is -2.00.